The number of hydrogen-bond acceptors (Lipinski definition) is 4. The minimum Gasteiger partial charge on any atom is -0.493 e. The molecule has 0 aromatic carbocycles. The molecule has 1 aliphatic rings. The Morgan fingerprint density at radius 2 is 2.20 bits per heavy atom. The van der Waals surface area contributed by atoms with Crippen molar-refractivity contribution in [2.45, 2.75) is 25.7 Å². The van der Waals surface area contributed by atoms with E-state index in [1.165, 1.54) is 17.1 Å². The zero-order valence-electron chi connectivity index (χ0n) is 8.18. The summed E-state index contributed by atoms with van der Waals surface area (Å²) in [6.07, 6.45) is 7.07. The predicted octanol–water partition coefficient (Wildman–Crippen LogP) is 1.44. The van der Waals surface area contributed by atoms with Crippen LogP contribution in [-0.4, -0.2) is 19.9 Å². The van der Waals surface area contributed by atoms with E-state index in [9.17, 15) is 5.11 Å². The summed E-state index contributed by atoms with van der Waals surface area (Å²) in [7, 11) is 0. The van der Waals surface area contributed by atoms with Gasteiger partial charge in [0.15, 0.2) is 0 Å². The lowest BCUT2D eigenvalue weighted by Crippen LogP contribution is -2.00. The average Bonchev–Trinajstić information content (AvgIpc) is 2.87. The van der Waals surface area contributed by atoms with Crippen molar-refractivity contribution in [2.24, 2.45) is 0 Å². The molecule has 0 saturated carbocycles. The Kier molecular flexibility index (Phi) is 1.77. The van der Waals surface area contributed by atoms with Crippen LogP contribution >= 0.6 is 0 Å². The molecule has 2 aromatic heterocycles. The maximum Gasteiger partial charge on any atom is 0.325 e. The van der Waals surface area contributed by atoms with Gasteiger partial charge in [-0.3, -0.25) is 0 Å². The molecule has 0 amide bonds. The Balaban J connectivity index is 2.13. The van der Waals surface area contributed by atoms with Crippen molar-refractivity contribution >= 4 is 0 Å². The monoisotopic (exact) mass is 205 g/mol. The van der Waals surface area contributed by atoms with Gasteiger partial charge in [-0.15, -0.1) is 4.68 Å². The van der Waals surface area contributed by atoms with Crippen molar-refractivity contribution in [1.29, 1.82) is 0 Å². The molecule has 5 nitrogen and oxygen atoms in total. The normalized spacial score (nSPS) is 15.2. The molecule has 3 rings (SSSR count). The molecule has 1 aliphatic carbocycles. The second kappa shape index (κ2) is 3.12. The van der Waals surface area contributed by atoms with Crippen molar-refractivity contribution in [2.75, 3.05) is 0 Å². The number of fused-ring (bicyclic) bond motifs is 1. The number of hydrogen-bond donors (Lipinski definition) is 1. The molecular weight excluding hydrogens is 194 g/mol. The molecule has 0 unspecified atom stereocenters. The summed E-state index contributed by atoms with van der Waals surface area (Å²) in [5.74, 6) is 0.173. The summed E-state index contributed by atoms with van der Waals surface area (Å²) in [5, 5.41) is 14.3. The van der Waals surface area contributed by atoms with Gasteiger partial charge in [-0.2, -0.15) is 5.10 Å². The van der Waals surface area contributed by atoms with Crippen molar-refractivity contribution in [1.82, 2.24) is 14.8 Å². The minimum absolute atomic E-state index is 0.173. The van der Waals surface area contributed by atoms with Gasteiger partial charge in [-0.25, -0.2) is 4.98 Å². The van der Waals surface area contributed by atoms with Crippen molar-refractivity contribution in [3.8, 4) is 11.9 Å². The highest BCUT2D eigenvalue weighted by Crippen LogP contribution is 2.29. The van der Waals surface area contributed by atoms with Gasteiger partial charge in [-0.05, 0) is 25.7 Å². The maximum atomic E-state index is 9.95. The Morgan fingerprint density at radius 3 is 2.93 bits per heavy atom. The summed E-state index contributed by atoms with van der Waals surface area (Å²) in [6.45, 7) is 0. The van der Waals surface area contributed by atoms with Gasteiger partial charge in [0.25, 0.3) is 0 Å². The van der Waals surface area contributed by atoms with Crippen LogP contribution in [0.4, 0.5) is 0 Å². The van der Waals surface area contributed by atoms with E-state index in [-0.39, 0.29) is 5.88 Å². The number of rotatable bonds is 1. The molecule has 0 saturated heterocycles. The molecule has 0 atom stereocenters. The first-order chi connectivity index (χ1) is 7.36. The maximum absolute atomic E-state index is 9.95. The Bertz CT molecular complexity index is 473. The van der Waals surface area contributed by atoms with E-state index in [1.54, 1.807) is 0 Å². The average molecular weight is 205 g/mol. The van der Waals surface area contributed by atoms with Gasteiger partial charge >= 0.3 is 6.01 Å². The number of nitrogens with zero attached hydrogens (tertiary/aromatic N) is 3. The van der Waals surface area contributed by atoms with Crippen LogP contribution in [0, 0.1) is 0 Å². The second-order valence-electron chi connectivity index (χ2n) is 3.68. The zero-order chi connectivity index (χ0) is 10.3. The molecule has 15 heavy (non-hydrogen) atoms. The molecule has 0 bridgehead atoms. The molecule has 1 N–H and O–H groups in total. The quantitative estimate of drug-likeness (QED) is 0.765. The fourth-order valence-corrected chi connectivity index (χ4v) is 1.99. The van der Waals surface area contributed by atoms with Gasteiger partial charge < -0.3 is 9.52 Å². The highest BCUT2D eigenvalue weighted by atomic mass is 16.4. The summed E-state index contributed by atoms with van der Waals surface area (Å²) in [6, 6.07) is 0.321. The Labute approximate surface area is 86.4 Å². The molecule has 78 valence electrons. The summed E-state index contributed by atoms with van der Waals surface area (Å²) >= 11 is 0. The van der Waals surface area contributed by atoms with Gasteiger partial charge in [0.05, 0.1) is 11.9 Å². The van der Waals surface area contributed by atoms with Gasteiger partial charge in [0.1, 0.15) is 6.26 Å². The molecule has 0 radical (unpaired) electrons. The highest BCUT2D eigenvalue weighted by Gasteiger charge is 2.22. The van der Waals surface area contributed by atoms with Crippen molar-refractivity contribution in [3.05, 3.63) is 23.7 Å². The second-order valence-corrected chi connectivity index (χ2v) is 3.68. The summed E-state index contributed by atoms with van der Waals surface area (Å²) in [4.78, 5) is 3.96. The third-order valence-electron chi connectivity index (χ3n) is 2.73. The number of aryl methyl sites for hydroxylation is 1. The molecular formula is C10H11N3O2. The topological polar surface area (TPSA) is 64.1 Å². The van der Waals surface area contributed by atoms with Gasteiger partial charge in [0.2, 0.25) is 5.88 Å². The standard InChI is InChI=1S/C10H11N3O2/c14-9-7-3-1-2-4-8(7)12-13(9)10-11-5-6-15-10/h5-6,14H,1-4H2. The SMILES string of the molecule is Oc1c2c(nn1-c1ncco1)CCCC2. The molecule has 0 fully saturated rings. The first kappa shape index (κ1) is 8.52. The number of oxazole rings is 1. The third kappa shape index (κ3) is 1.23. The van der Waals surface area contributed by atoms with Crippen LogP contribution in [0.1, 0.15) is 24.1 Å². The number of aromatic hydroxyl groups is 1. The molecule has 0 spiro atoms. The fourth-order valence-electron chi connectivity index (χ4n) is 1.99. The van der Waals surface area contributed by atoms with Crippen LogP contribution in [0.15, 0.2) is 16.9 Å². The molecule has 5 heteroatoms. The predicted molar refractivity (Wildman–Crippen MR) is 51.9 cm³/mol. The van der Waals surface area contributed by atoms with Crippen LogP contribution in [0.25, 0.3) is 6.01 Å². The van der Waals surface area contributed by atoms with E-state index >= 15 is 0 Å². The lowest BCUT2D eigenvalue weighted by Gasteiger charge is -2.07. The van der Waals surface area contributed by atoms with Crippen LogP contribution in [0.3, 0.4) is 0 Å². The lowest BCUT2D eigenvalue weighted by atomic mass is 9.98. The van der Waals surface area contributed by atoms with Crippen molar-refractivity contribution < 1.29 is 9.52 Å². The first-order valence-corrected chi connectivity index (χ1v) is 5.06. The minimum atomic E-state index is 0.173. The van der Waals surface area contributed by atoms with E-state index in [1.807, 2.05) is 0 Å². The summed E-state index contributed by atoms with van der Waals surface area (Å²) < 4.78 is 6.48. The first-order valence-electron chi connectivity index (χ1n) is 5.06. The smallest absolute Gasteiger partial charge is 0.325 e. The third-order valence-corrected chi connectivity index (χ3v) is 2.73. The summed E-state index contributed by atoms with van der Waals surface area (Å²) in [5.41, 5.74) is 1.91. The van der Waals surface area contributed by atoms with E-state index in [4.69, 9.17) is 4.42 Å². The van der Waals surface area contributed by atoms with Crippen LogP contribution in [-0.2, 0) is 12.8 Å². The molecule has 2 aromatic rings. The van der Waals surface area contributed by atoms with Gasteiger partial charge in [-0.1, -0.05) is 0 Å². The van der Waals surface area contributed by atoms with E-state index in [2.05, 4.69) is 10.1 Å². The van der Waals surface area contributed by atoms with Crippen LogP contribution < -0.4 is 0 Å². The highest BCUT2D eigenvalue weighted by molar-refractivity contribution is 5.35. The largest absolute Gasteiger partial charge is 0.493 e. The Morgan fingerprint density at radius 1 is 1.33 bits per heavy atom. The number of aromatic nitrogens is 3. The van der Waals surface area contributed by atoms with E-state index < -0.39 is 0 Å². The van der Waals surface area contributed by atoms with Crippen molar-refractivity contribution in [3.63, 3.8) is 0 Å². The zero-order valence-corrected chi connectivity index (χ0v) is 8.18. The Hall–Kier alpha value is -1.78. The van der Waals surface area contributed by atoms with Gasteiger partial charge in [0, 0.05) is 5.56 Å². The molecule has 0 aliphatic heterocycles. The van der Waals surface area contributed by atoms with Crippen LogP contribution in [0.5, 0.6) is 5.88 Å². The van der Waals surface area contributed by atoms with Crippen LogP contribution in [0.2, 0.25) is 0 Å². The lowest BCUT2D eigenvalue weighted by molar-refractivity contribution is 0.402. The molecule has 2 heterocycles. The fraction of sp³-hybridized carbons (Fsp3) is 0.400. The van der Waals surface area contributed by atoms with E-state index in [0.29, 0.717) is 6.01 Å². The van der Waals surface area contributed by atoms with E-state index in [0.717, 1.165) is 36.9 Å².